The number of nitrogens with one attached hydrogen (secondary N) is 3. The summed E-state index contributed by atoms with van der Waals surface area (Å²) in [6, 6.07) is 1.98. The van der Waals surface area contributed by atoms with E-state index in [4.69, 9.17) is 5.73 Å². The van der Waals surface area contributed by atoms with E-state index in [2.05, 4.69) is 20.7 Å². The van der Waals surface area contributed by atoms with E-state index in [0.29, 0.717) is 11.3 Å². The van der Waals surface area contributed by atoms with Gasteiger partial charge in [0.25, 0.3) is 5.91 Å². The van der Waals surface area contributed by atoms with E-state index in [0.717, 1.165) is 21.0 Å². The number of aromatic nitrogens is 3. The van der Waals surface area contributed by atoms with Crippen LogP contribution < -0.4 is 16.4 Å². The zero-order valence-electron chi connectivity index (χ0n) is 12.9. The highest BCUT2D eigenvalue weighted by Crippen LogP contribution is 2.30. The lowest BCUT2D eigenvalue weighted by Crippen LogP contribution is -2.37. The average molecular weight is 340 g/mol. The summed E-state index contributed by atoms with van der Waals surface area (Å²) in [7, 11) is 0. The van der Waals surface area contributed by atoms with Gasteiger partial charge in [-0.05, 0) is 19.1 Å². The van der Waals surface area contributed by atoms with Gasteiger partial charge in [0.05, 0.1) is 22.7 Å². The lowest BCUT2D eigenvalue weighted by Gasteiger charge is -2.21. The maximum atomic E-state index is 12.6. The first-order valence-corrected chi connectivity index (χ1v) is 8.28. The molecule has 0 aliphatic carbocycles. The van der Waals surface area contributed by atoms with Crippen molar-refractivity contribution in [1.29, 1.82) is 0 Å². The summed E-state index contributed by atoms with van der Waals surface area (Å²) in [6.45, 7) is 1.96. The number of hydrogen-bond donors (Lipinski definition) is 4. The van der Waals surface area contributed by atoms with Crippen molar-refractivity contribution >= 4 is 22.1 Å². The van der Waals surface area contributed by atoms with Gasteiger partial charge in [-0.1, -0.05) is 0 Å². The number of hydrogen-bond acceptors (Lipinski definition) is 5. The molecule has 7 nitrogen and oxygen atoms in total. The van der Waals surface area contributed by atoms with Gasteiger partial charge in [0, 0.05) is 41.7 Å². The molecule has 0 fully saturated rings. The fourth-order valence-electron chi connectivity index (χ4n) is 2.55. The van der Waals surface area contributed by atoms with Crippen LogP contribution in [0.1, 0.15) is 17.3 Å². The Morgan fingerprint density at radius 1 is 1.50 bits per heavy atom. The molecule has 0 aromatic carbocycles. The van der Waals surface area contributed by atoms with Gasteiger partial charge in [0.1, 0.15) is 4.83 Å². The zero-order chi connectivity index (χ0) is 16.7. The highest BCUT2D eigenvalue weighted by Gasteiger charge is 2.20. The standard InChI is InChI=1S/C16H16N6OS/c1-9-13(4-11(17)6-19-9)21-15(23)12-7-20-22-8-14(24-16(12)22)10-2-3-18-5-10/h2-9,18-19H,17H2,1H3,(H,21,23). The first-order valence-electron chi connectivity index (χ1n) is 7.47. The van der Waals surface area contributed by atoms with E-state index < -0.39 is 0 Å². The lowest BCUT2D eigenvalue weighted by molar-refractivity contribution is 0.0965. The van der Waals surface area contributed by atoms with Gasteiger partial charge in [-0.3, -0.25) is 4.79 Å². The van der Waals surface area contributed by atoms with Gasteiger partial charge in [-0.25, -0.2) is 4.52 Å². The normalized spacial score (nSPS) is 17.3. The van der Waals surface area contributed by atoms with E-state index in [-0.39, 0.29) is 11.9 Å². The SMILES string of the molecule is CC1NC=C(N)C=C1NC(=O)c1cnn2cc(-c3cc[nH]c3)sc12. The van der Waals surface area contributed by atoms with E-state index in [1.165, 1.54) is 11.3 Å². The molecule has 1 unspecified atom stereocenters. The van der Waals surface area contributed by atoms with Crippen LogP contribution in [0.5, 0.6) is 0 Å². The number of H-pyrrole nitrogens is 1. The van der Waals surface area contributed by atoms with E-state index in [1.807, 2.05) is 31.6 Å². The number of amides is 1. The molecule has 0 saturated heterocycles. The molecule has 5 N–H and O–H groups in total. The third-order valence-electron chi connectivity index (χ3n) is 3.87. The second-order valence-corrected chi connectivity index (χ2v) is 6.62. The molecular weight excluding hydrogens is 324 g/mol. The summed E-state index contributed by atoms with van der Waals surface area (Å²) < 4.78 is 1.73. The Morgan fingerprint density at radius 2 is 2.38 bits per heavy atom. The van der Waals surface area contributed by atoms with Crippen molar-refractivity contribution in [3.8, 4) is 10.4 Å². The Bertz CT molecular complexity index is 962. The van der Waals surface area contributed by atoms with Crippen molar-refractivity contribution in [2.45, 2.75) is 13.0 Å². The van der Waals surface area contributed by atoms with Crippen LogP contribution in [0.25, 0.3) is 15.3 Å². The number of thiazole rings is 1. The third kappa shape index (κ3) is 2.46. The maximum absolute atomic E-state index is 12.6. The maximum Gasteiger partial charge on any atom is 0.260 e. The average Bonchev–Trinajstić information content (AvgIpc) is 3.25. The fourth-order valence-corrected chi connectivity index (χ4v) is 3.61. The zero-order valence-corrected chi connectivity index (χ0v) is 13.7. The molecule has 4 heterocycles. The molecule has 8 heteroatoms. The van der Waals surface area contributed by atoms with Gasteiger partial charge in [-0.15, -0.1) is 11.3 Å². The van der Waals surface area contributed by atoms with Crippen LogP contribution in [0, 0.1) is 0 Å². The molecular formula is C16H16N6OS. The van der Waals surface area contributed by atoms with Gasteiger partial charge in [0.15, 0.2) is 0 Å². The first kappa shape index (κ1) is 14.6. The minimum Gasteiger partial charge on any atom is -0.398 e. The topological polar surface area (TPSA) is 100 Å². The van der Waals surface area contributed by atoms with Crippen LogP contribution in [0.4, 0.5) is 0 Å². The molecule has 24 heavy (non-hydrogen) atoms. The molecule has 1 aliphatic heterocycles. The molecule has 0 bridgehead atoms. The van der Waals surface area contributed by atoms with Crippen molar-refractivity contribution in [3.63, 3.8) is 0 Å². The van der Waals surface area contributed by atoms with Gasteiger partial charge in [0.2, 0.25) is 0 Å². The number of aromatic amines is 1. The summed E-state index contributed by atoms with van der Waals surface area (Å²) in [4.78, 5) is 17.5. The lowest BCUT2D eigenvalue weighted by atomic mass is 10.1. The molecule has 3 aromatic heterocycles. The van der Waals surface area contributed by atoms with Crippen molar-refractivity contribution < 1.29 is 4.79 Å². The summed E-state index contributed by atoms with van der Waals surface area (Å²) in [5, 5.41) is 10.3. The van der Waals surface area contributed by atoms with Crippen molar-refractivity contribution in [2.75, 3.05) is 0 Å². The molecule has 0 saturated carbocycles. The second-order valence-electron chi connectivity index (χ2n) is 5.59. The van der Waals surface area contributed by atoms with E-state index in [1.54, 1.807) is 23.0 Å². The van der Waals surface area contributed by atoms with E-state index in [9.17, 15) is 4.79 Å². The number of dihydropyridines is 1. The smallest absolute Gasteiger partial charge is 0.260 e. The second kappa shape index (κ2) is 5.57. The Hall–Kier alpha value is -3.00. The molecule has 1 atom stereocenters. The first-order chi connectivity index (χ1) is 11.6. The van der Waals surface area contributed by atoms with Gasteiger partial charge >= 0.3 is 0 Å². The van der Waals surface area contributed by atoms with E-state index >= 15 is 0 Å². The van der Waals surface area contributed by atoms with Gasteiger partial charge in [-0.2, -0.15) is 5.10 Å². The van der Waals surface area contributed by atoms with Crippen LogP contribution in [-0.2, 0) is 0 Å². The summed E-state index contributed by atoms with van der Waals surface area (Å²) in [5.41, 5.74) is 8.72. The Morgan fingerprint density at radius 3 is 3.17 bits per heavy atom. The summed E-state index contributed by atoms with van der Waals surface area (Å²) >= 11 is 1.53. The quantitative estimate of drug-likeness (QED) is 0.584. The predicted octanol–water partition coefficient (Wildman–Crippen LogP) is 1.80. The molecule has 1 aliphatic rings. The number of nitrogens with two attached hydrogens (primary N) is 1. The van der Waals surface area contributed by atoms with Crippen LogP contribution in [0.3, 0.4) is 0 Å². The van der Waals surface area contributed by atoms with Crippen LogP contribution in [-0.4, -0.2) is 26.5 Å². The Labute approximate surface area is 141 Å². The largest absolute Gasteiger partial charge is 0.398 e. The van der Waals surface area contributed by atoms with Crippen molar-refractivity contribution in [3.05, 3.63) is 60.1 Å². The van der Waals surface area contributed by atoms with Crippen LogP contribution in [0.2, 0.25) is 0 Å². The third-order valence-corrected chi connectivity index (χ3v) is 5.03. The molecule has 0 spiro atoms. The van der Waals surface area contributed by atoms with Gasteiger partial charge < -0.3 is 21.4 Å². The fraction of sp³-hybridized carbons (Fsp3) is 0.125. The summed E-state index contributed by atoms with van der Waals surface area (Å²) in [6.07, 6.45) is 10.8. The molecule has 4 rings (SSSR count). The van der Waals surface area contributed by atoms with Crippen LogP contribution in [0.15, 0.2) is 54.5 Å². The Kier molecular flexibility index (Phi) is 3.39. The predicted molar refractivity (Wildman–Crippen MR) is 93.3 cm³/mol. The molecule has 0 radical (unpaired) electrons. The number of carbonyl (C=O) groups is 1. The Balaban J connectivity index is 1.64. The minimum absolute atomic E-state index is 0.00827. The minimum atomic E-state index is -0.193. The number of rotatable bonds is 3. The molecule has 122 valence electrons. The summed E-state index contributed by atoms with van der Waals surface area (Å²) in [5.74, 6) is -0.193. The van der Waals surface area contributed by atoms with Crippen LogP contribution >= 0.6 is 11.3 Å². The highest BCUT2D eigenvalue weighted by atomic mass is 32.1. The molecule has 1 amide bonds. The monoisotopic (exact) mass is 340 g/mol. The van der Waals surface area contributed by atoms with Crippen molar-refractivity contribution in [2.24, 2.45) is 5.73 Å². The number of carbonyl (C=O) groups excluding carboxylic acids is 1. The van der Waals surface area contributed by atoms with Crippen molar-refractivity contribution in [1.82, 2.24) is 25.2 Å². The number of nitrogens with zero attached hydrogens (tertiary/aromatic N) is 2. The number of fused-ring (bicyclic) bond motifs is 1. The highest BCUT2D eigenvalue weighted by molar-refractivity contribution is 7.21. The molecule has 3 aromatic rings. The number of allylic oxidation sites excluding steroid dienone is 1.